The third kappa shape index (κ3) is 5.39. The van der Waals surface area contributed by atoms with Gasteiger partial charge in [-0.25, -0.2) is 8.42 Å². The fourth-order valence-corrected chi connectivity index (χ4v) is 4.15. The van der Waals surface area contributed by atoms with Gasteiger partial charge in [-0.3, -0.25) is 14.3 Å². The molecular weight excluding hydrogens is 442 g/mol. The van der Waals surface area contributed by atoms with Crippen LogP contribution in [0.4, 0.5) is 11.4 Å². The van der Waals surface area contributed by atoms with Crippen molar-refractivity contribution in [1.82, 2.24) is 4.57 Å². The van der Waals surface area contributed by atoms with Crippen LogP contribution in [0.5, 0.6) is 0 Å². The largest absolute Gasteiger partial charge is 0.454 e. The minimum Gasteiger partial charge on any atom is -0.454 e. The Morgan fingerprint density at radius 1 is 0.909 bits per heavy atom. The molecule has 0 saturated carbocycles. The molecule has 0 aliphatic carbocycles. The molecule has 2 heterocycles. The first-order chi connectivity index (χ1) is 15.8. The summed E-state index contributed by atoms with van der Waals surface area (Å²) in [7, 11) is -3.71. The van der Waals surface area contributed by atoms with Crippen LogP contribution in [0.25, 0.3) is 0 Å². The predicted octanol–water partition coefficient (Wildman–Crippen LogP) is 3.85. The van der Waals surface area contributed by atoms with Crippen LogP contribution >= 0.6 is 0 Å². The van der Waals surface area contributed by atoms with Gasteiger partial charge < -0.3 is 14.3 Å². The normalized spacial score (nSPS) is 11.2. The zero-order chi connectivity index (χ0) is 23.4. The predicted molar refractivity (Wildman–Crippen MR) is 125 cm³/mol. The highest BCUT2D eigenvalue weighted by Gasteiger charge is 2.15. The fourth-order valence-electron chi connectivity index (χ4n) is 3.09. The first-order valence-corrected chi connectivity index (χ1v) is 11.5. The van der Waals surface area contributed by atoms with Crippen LogP contribution in [0.2, 0.25) is 0 Å². The van der Waals surface area contributed by atoms with Gasteiger partial charge in [-0.15, -0.1) is 0 Å². The van der Waals surface area contributed by atoms with Crippen molar-refractivity contribution in [3.8, 4) is 0 Å². The zero-order valence-electron chi connectivity index (χ0n) is 17.7. The molecule has 0 spiro atoms. The molecule has 2 aromatic carbocycles. The van der Waals surface area contributed by atoms with Crippen molar-refractivity contribution in [3.63, 3.8) is 0 Å². The fraction of sp³-hybridized carbons (Fsp3) is 0.0833. The van der Waals surface area contributed by atoms with Crippen LogP contribution in [-0.2, 0) is 16.6 Å². The highest BCUT2D eigenvalue weighted by Crippen LogP contribution is 2.20. The quantitative estimate of drug-likeness (QED) is 0.433. The summed E-state index contributed by atoms with van der Waals surface area (Å²) in [6, 6.07) is 20.8. The van der Waals surface area contributed by atoms with Crippen LogP contribution in [0, 0.1) is 6.92 Å². The molecule has 33 heavy (non-hydrogen) atoms. The van der Waals surface area contributed by atoms with E-state index in [4.69, 9.17) is 4.42 Å². The molecule has 0 saturated heterocycles. The number of furan rings is 1. The molecule has 0 aliphatic heterocycles. The lowest BCUT2D eigenvalue weighted by Crippen LogP contribution is -2.18. The number of amides is 1. The number of carbonyl (C=O) groups is 1. The third-order valence-electron chi connectivity index (χ3n) is 4.84. The number of nitrogens with one attached hydrogen (secondary N) is 2. The van der Waals surface area contributed by atoms with Crippen LogP contribution in [0.1, 0.15) is 21.9 Å². The number of aromatic nitrogens is 1. The van der Waals surface area contributed by atoms with E-state index in [1.165, 1.54) is 28.8 Å². The lowest BCUT2D eigenvalue weighted by molar-refractivity contribution is 0.0994. The Kier molecular flexibility index (Phi) is 6.14. The molecule has 0 radical (unpaired) electrons. The highest BCUT2D eigenvalue weighted by molar-refractivity contribution is 7.92. The first kappa shape index (κ1) is 22.1. The minimum absolute atomic E-state index is 0.0955. The van der Waals surface area contributed by atoms with Gasteiger partial charge in [0.15, 0.2) is 5.76 Å². The summed E-state index contributed by atoms with van der Waals surface area (Å²) in [6.45, 7) is 2.09. The highest BCUT2D eigenvalue weighted by atomic mass is 32.2. The number of hydrogen-bond acceptors (Lipinski definition) is 5. The maximum Gasteiger partial charge on any atom is 0.291 e. The summed E-state index contributed by atoms with van der Waals surface area (Å²) in [6.07, 6.45) is 1.64. The van der Waals surface area contributed by atoms with Crippen LogP contribution in [0.15, 0.2) is 99.2 Å². The summed E-state index contributed by atoms with van der Waals surface area (Å²) in [4.78, 5) is 24.5. The number of aryl methyl sites for hydroxylation is 1. The van der Waals surface area contributed by atoms with E-state index in [0.29, 0.717) is 17.1 Å². The summed E-state index contributed by atoms with van der Waals surface area (Å²) < 4.78 is 34.5. The van der Waals surface area contributed by atoms with Crippen molar-refractivity contribution in [2.24, 2.45) is 0 Å². The lowest BCUT2D eigenvalue weighted by atomic mass is 10.2. The first-order valence-electron chi connectivity index (χ1n) is 10.1. The molecule has 9 heteroatoms. The van der Waals surface area contributed by atoms with Gasteiger partial charge in [0.1, 0.15) is 5.76 Å². The number of nitrogens with zero attached hydrogens (tertiary/aromatic N) is 1. The van der Waals surface area contributed by atoms with Gasteiger partial charge in [0, 0.05) is 23.6 Å². The molecule has 2 aromatic heterocycles. The van der Waals surface area contributed by atoms with Gasteiger partial charge in [-0.1, -0.05) is 23.8 Å². The van der Waals surface area contributed by atoms with Crippen LogP contribution < -0.4 is 15.6 Å². The van der Waals surface area contributed by atoms with Crippen molar-refractivity contribution in [1.29, 1.82) is 0 Å². The topological polar surface area (TPSA) is 110 Å². The number of hydrogen-bond donors (Lipinski definition) is 2. The van der Waals surface area contributed by atoms with E-state index in [9.17, 15) is 18.0 Å². The van der Waals surface area contributed by atoms with E-state index in [0.717, 1.165) is 5.56 Å². The summed E-state index contributed by atoms with van der Waals surface area (Å²) in [5.41, 5.74) is 1.63. The molecule has 168 valence electrons. The molecule has 0 aliphatic rings. The smallest absolute Gasteiger partial charge is 0.291 e. The molecule has 0 atom stereocenters. The number of benzene rings is 2. The summed E-state index contributed by atoms with van der Waals surface area (Å²) in [5.74, 6) is 0.0992. The van der Waals surface area contributed by atoms with Gasteiger partial charge in [-0.05, 0) is 61.5 Å². The number of pyridine rings is 1. The van der Waals surface area contributed by atoms with Crippen molar-refractivity contribution in [2.45, 2.75) is 18.4 Å². The molecule has 8 nitrogen and oxygen atoms in total. The molecule has 4 rings (SSSR count). The Bertz CT molecular complexity index is 1440. The van der Waals surface area contributed by atoms with E-state index in [1.807, 2.05) is 6.92 Å². The van der Waals surface area contributed by atoms with Crippen molar-refractivity contribution >= 4 is 27.3 Å². The second-order valence-corrected chi connectivity index (χ2v) is 9.07. The Hall–Kier alpha value is -4.11. The van der Waals surface area contributed by atoms with E-state index >= 15 is 0 Å². The van der Waals surface area contributed by atoms with E-state index in [-0.39, 0.29) is 22.8 Å². The Labute approximate surface area is 190 Å². The molecular formula is C24H21N3O5S. The molecule has 0 bridgehead atoms. The van der Waals surface area contributed by atoms with Gasteiger partial charge >= 0.3 is 0 Å². The SMILES string of the molecule is Cc1ccc(S(=O)(=O)Nc2ccc(NC(=O)c3ccc(Cn4ccccc4=O)o3)cc2)cc1. The molecule has 1 amide bonds. The van der Waals surface area contributed by atoms with Crippen LogP contribution in [-0.4, -0.2) is 18.9 Å². The average molecular weight is 464 g/mol. The molecule has 2 N–H and O–H groups in total. The lowest BCUT2D eigenvalue weighted by Gasteiger charge is -2.09. The number of rotatable bonds is 7. The van der Waals surface area contributed by atoms with Gasteiger partial charge in [-0.2, -0.15) is 0 Å². The maximum atomic E-state index is 12.5. The average Bonchev–Trinajstić information content (AvgIpc) is 3.26. The van der Waals surface area contributed by atoms with Gasteiger partial charge in [0.05, 0.1) is 11.4 Å². The second-order valence-electron chi connectivity index (χ2n) is 7.38. The molecule has 0 unspecified atom stereocenters. The van der Waals surface area contributed by atoms with Crippen LogP contribution in [0.3, 0.4) is 0 Å². The van der Waals surface area contributed by atoms with Crippen molar-refractivity contribution in [2.75, 3.05) is 10.0 Å². The zero-order valence-corrected chi connectivity index (χ0v) is 18.5. The van der Waals surface area contributed by atoms with Crippen molar-refractivity contribution < 1.29 is 17.6 Å². The molecule has 4 aromatic rings. The Morgan fingerprint density at radius 3 is 2.30 bits per heavy atom. The second kappa shape index (κ2) is 9.17. The van der Waals surface area contributed by atoms with Gasteiger partial charge in [0.25, 0.3) is 21.5 Å². The van der Waals surface area contributed by atoms with E-state index in [2.05, 4.69) is 10.0 Å². The van der Waals surface area contributed by atoms with Crippen molar-refractivity contribution in [3.05, 3.63) is 112 Å². The summed E-state index contributed by atoms with van der Waals surface area (Å²) in [5, 5.41) is 2.70. The standard InChI is InChI=1S/C24H21N3O5S/c1-17-5-12-21(13-6-17)33(30,31)26-19-9-7-18(8-10-19)25-24(29)22-14-11-20(32-22)16-27-15-3-2-4-23(27)28/h2-15,26H,16H2,1H3,(H,25,29). The number of anilines is 2. The molecule has 0 fully saturated rings. The monoisotopic (exact) mass is 463 g/mol. The number of carbonyl (C=O) groups excluding carboxylic acids is 1. The van der Waals surface area contributed by atoms with E-state index in [1.54, 1.807) is 60.8 Å². The minimum atomic E-state index is -3.71. The van der Waals surface area contributed by atoms with E-state index < -0.39 is 15.9 Å². The Morgan fingerprint density at radius 2 is 1.61 bits per heavy atom. The third-order valence-corrected chi connectivity index (χ3v) is 6.23. The number of sulfonamides is 1. The van der Waals surface area contributed by atoms with Gasteiger partial charge in [0.2, 0.25) is 0 Å². The maximum absolute atomic E-state index is 12.5. The Balaban J connectivity index is 1.39. The summed E-state index contributed by atoms with van der Waals surface area (Å²) >= 11 is 0.